The van der Waals surface area contributed by atoms with Crippen molar-refractivity contribution in [1.82, 2.24) is 5.32 Å². The van der Waals surface area contributed by atoms with Crippen molar-refractivity contribution < 1.29 is 14.4 Å². The average molecular weight is 287 g/mol. The number of benzene rings is 1. The Morgan fingerprint density at radius 3 is 2.62 bits per heavy atom. The van der Waals surface area contributed by atoms with Crippen molar-refractivity contribution in [3.05, 3.63) is 59.5 Å². The van der Waals surface area contributed by atoms with Crippen LogP contribution in [-0.4, -0.2) is 17.0 Å². The first kappa shape index (κ1) is 14.6. The highest BCUT2D eigenvalue weighted by Crippen LogP contribution is 2.15. The van der Waals surface area contributed by atoms with Crippen molar-refractivity contribution in [2.75, 3.05) is 0 Å². The van der Waals surface area contributed by atoms with Gasteiger partial charge in [-0.25, -0.2) is 0 Å². The molecule has 1 amide bonds. The number of furan rings is 1. The first-order valence-electron chi connectivity index (χ1n) is 6.57. The van der Waals surface area contributed by atoms with Crippen LogP contribution < -0.4 is 11.1 Å². The highest BCUT2D eigenvalue weighted by molar-refractivity contribution is 5.96. The lowest BCUT2D eigenvalue weighted by Crippen LogP contribution is -2.37. The molecule has 0 fully saturated rings. The van der Waals surface area contributed by atoms with Gasteiger partial charge >= 0.3 is 0 Å². The summed E-state index contributed by atoms with van der Waals surface area (Å²) in [4.78, 5) is 12.2. The predicted molar refractivity (Wildman–Crippen MR) is 78.1 cm³/mol. The van der Waals surface area contributed by atoms with E-state index in [2.05, 4.69) is 10.5 Å². The van der Waals surface area contributed by atoms with E-state index in [1.807, 2.05) is 13.0 Å². The number of carbonyl (C=O) groups excluding carboxylic acids is 1. The number of hydrogen-bond acceptors (Lipinski definition) is 4. The molecule has 4 N–H and O–H groups in total. The number of nitrogens with zero attached hydrogens (tertiary/aromatic N) is 1. The molecule has 6 nitrogen and oxygen atoms in total. The maximum absolute atomic E-state index is 12.2. The van der Waals surface area contributed by atoms with Gasteiger partial charge in [0.1, 0.15) is 11.8 Å². The summed E-state index contributed by atoms with van der Waals surface area (Å²) >= 11 is 0. The molecule has 1 heterocycles. The van der Waals surface area contributed by atoms with E-state index in [-0.39, 0.29) is 11.6 Å². The second-order valence-corrected chi connectivity index (χ2v) is 4.46. The van der Waals surface area contributed by atoms with Gasteiger partial charge in [0.25, 0.3) is 5.91 Å². The Bertz CT molecular complexity index is 635. The Balaban J connectivity index is 2.21. The number of hydrogen-bond donors (Lipinski definition) is 3. The zero-order chi connectivity index (χ0) is 15.2. The Hall–Kier alpha value is -2.76. The van der Waals surface area contributed by atoms with Gasteiger partial charge in [-0.15, -0.1) is 0 Å². The number of oxime groups is 1. The first-order valence-corrected chi connectivity index (χ1v) is 6.57. The minimum Gasteiger partial charge on any atom is -0.456 e. The second-order valence-electron chi connectivity index (χ2n) is 4.46. The van der Waals surface area contributed by atoms with E-state index < -0.39 is 11.9 Å². The lowest BCUT2D eigenvalue weighted by atomic mass is 10.1. The maximum Gasteiger partial charge on any atom is 0.287 e. The Labute approximate surface area is 122 Å². The molecule has 0 aliphatic carbocycles. The molecule has 1 aromatic carbocycles. The van der Waals surface area contributed by atoms with Crippen molar-refractivity contribution in [2.24, 2.45) is 10.9 Å². The summed E-state index contributed by atoms with van der Waals surface area (Å²) in [5, 5.41) is 14.6. The topological polar surface area (TPSA) is 101 Å². The first-order chi connectivity index (χ1) is 10.2. The van der Waals surface area contributed by atoms with Crippen molar-refractivity contribution in [3.8, 4) is 0 Å². The normalized spacial score (nSPS) is 12.9. The third kappa shape index (κ3) is 3.42. The van der Waals surface area contributed by atoms with Crippen molar-refractivity contribution in [1.29, 1.82) is 0 Å². The lowest BCUT2D eigenvalue weighted by Gasteiger charge is -2.17. The fourth-order valence-corrected chi connectivity index (χ4v) is 1.92. The van der Waals surface area contributed by atoms with Crippen LogP contribution >= 0.6 is 0 Å². The molecule has 0 saturated carbocycles. The average Bonchev–Trinajstić information content (AvgIpc) is 3.01. The van der Waals surface area contributed by atoms with Crippen LogP contribution in [-0.2, 0) is 6.42 Å². The number of aryl methyl sites for hydroxylation is 1. The molecular weight excluding hydrogens is 270 g/mol. The molecule has 1 atom stereocenters. The minimum absolute atomic E-state index is 0.100. The number of amidine groups is 1. The van der Waals surface area contributed by atoms with E-state index in [4.69, 9.17) is 15.4 Å². The Morgan fingerprint density at radius 2 is 2.05 bits per heavy atom. The summed E-state index contributed by atoms with van der Waals surface area (Å²) in [6, 6.07) is 11.6. The summed E-state index contributed by atoms with van der Waals surface area (Å²) in [5.74, 6) is 0.394. The van der Waals surface area contributed by atoms with Gasteiger partial charge in [0.2, 0.25) is 0 Å². The second kappa shape index (κ2) is 6.60. The molecule has 2 rings (SSSR count). The van der Waals surface area contributed by atoms with Crippen LogP contribution in [0.25, 0.3) is 0 Å². The van der Waals surface area contributed by atoms with E-state index in [9.17, 15) is 4.79 Å². The van der Waals surface area contributed by atoms with Gasteiger partial charge < -0.3 is 20.7 Å². The zero-order valence-electron chi connectivity index (χ0n) is 11.6. The van der Waals surface area contributed by atoms with Gasteiger partial charge in [0.15, 0.2) is 11.6 Å². The van der Waals surface area contributed by atoms with Crippen LogP contribution in [0, 0.1) is 0 Å². The van der Waals surface area contributed by atoms with Gasteiger partial charge in [0, 0.05) is 6.42 Å². The fourth-order valence-electron chi connectivity index (χ4n) is 1.92. The number of rotatable bonds is 5. The van der Waals surface area contributed by atoms with Crippen LogP contribution in [0.3, 0.4) is 0 Å². The van der Waals surface area contributed by atoms with Crippen molar-refractivity contribution in [2.45, 2.75) is 19.4 Å². The third-order valence-corrected chi connectivity index (χ3v) is 3.05. The number of carbonyl (C=O) groups is 1. The maximum atomic E-state index is 12.2. The van der Waals surface area contributed by atoms with E-state index in [0.29, 0.717) is 12.0 Å². The predicted octanol–water partition coefficient (Wildman–Crippen LogP) is 2.06. The highest BCUT2D eigenvalue weighted by Gasteiger charge is 2.21. The van der Waals surface area contributed by atoms with E-state index in [1.165, 1.54) is 0 Å². The zero-order valence-corrected chi connectivity index (χ0v) is 11.6. The molecule has 0 aliphatic rings. The molecule has 6 heteroatoms. The Morgan fingerprint density at radius 1 is 1.33 bits per heavy atom. The largest absolute Gasteiger partial charge is 0.456 e. The molecule has 0 aliphatic heterocycles. The number of nitrogens with one attached hydrogen (secondary N) is 1. The van der Waals surface area contributed by atoms with E-state index >= 15 is 0 Å². The molecule has 21 heavy (non-hydrogen) atoms. The molecule has 110 valence electrons. The van der Waals surface area contributed by atoms with Crippen LogP contribution in [0.15, 0.2) is 52.0 Å². The SMILES string of the molecule is CCc1ccc(C(=O)NC(C(N)=NO)c2ccccc2)o1. The summed E-state index contributed by atoms with van der Waals surface area (Å²) < 4.78 is 5.39. The molecular formula is C15H17N3O3. The summed E-state index contributed by atoms with van der Waals surface area (Å²) in [6.45, 7) is 1.93. The van der Waals surface area contributed by atoms with Crippen LogP contribution in [0.5, 0.6) is 0 Å². The molecule has 0 radical (unpaired) electrons. The van der Waals surface area contributed by atoms with Gasteiger partial charge in [-0.3, -0.25) is 4.79 Å². The van der Waals surface area contributed by atoms with Crippen LogP contribution in [0.4, 0.5) is 0 Å². The van der Waals surface area contributed by atoms with E-state index in [0.717, 1.165) is 5.76 Å². The molecule has 0 spiro atoms. The van der Waals surface area contributed by atoms with Crippen molar-refractivity contribution in [3.63, 3.8) is 0 Å². The number of amides is 1. The van der Waals surface area contributed by atoms with Gasteiger partial charge in [-0.1, -0.05) is 42.4 Å². The third-order valence-electron chi connectivity index (χ3n) is 3.05. The van der Waals surface area contributed by atoms with Gasteiger partial charge in [0.05, 0.1) is 0 Å². The van der Waals surface area contributed by atoms with Crippen LogP contribution in [0.2, 0.25) is 0 Å². The summed E-state index contributed by atoms with van der Waals surface area (Å²) in [7, 11) is 0. The monoisotopic (exact) mass is 287 g/mol. The van der Waals surface area contributed by atoms with Gasteiger partial charge in [-0.05, 0) is 17.7 Å². The standard InChI is InChI=1S/C15H17N3O3/c1-2-11-8-9-12(21-11)15(19)17-13(14(16)18-20)10-6-4-3-5-7-10/h3-9,13,20H,2H2,1H3,(H2,16,18)(H,17,19). The molecule has 0 saturated heterocycles. The molecule has 2 aromatic rings. The summed E-state index contributed by atoms with van der Waals surface area (Å²) in [6.07, 6.45) is 0.704. The Kier molecular flexibility index (Phi) is 4.61. The quantitative estimate of drug-likeness (QED) is 0.339. The van der Waals surface area contributed by atoms with Crippen molar-refractivity contribution >= 4 is 11.7 Å². The smallest absolute Gasteiger partial charge is 0.287 e. The number of nitrogens with two attached hydrogens (primary N) is 1. The van der Waals surface area contributed by atoms with E-state index in [1.54, 1.807) is 36.4 Å². The fraction of sp³-hybridized carbons (Fsp3) is 0.200. The van der Waals surface area contributed by atoms with Crippen LogP contribution in [0.1, 0.15) is 34.8 Å². The molecule has 1 aromatic heterocycles. The van der Waals surface area contributed by atoms with Gasteiger partial charge in [-0.2, -0.15) is 0 Å². The minimum atomic E-state index is -0.723. The summed E-state index contributed by atoms with van der Waals surface area (Å²) in [5.41, 5.74) is 6.37. The lowest BCUT2D eigenvalue weighted by molar-refractivity contribution is 0.0916. The highest BCUT2D eigenvalue weighted by atomic mass is 16.4. The molecule has 0 bridgehead atoms. The molecule has 1 unspecified atom stereocenters.